The number of ether oxygens (including phenoxy) is 1. The van der Waals surface area contributed by atoms with Gasteiger partial charge >= 0.3 is 5.97 Å². The lowest BCUT2D eigenvalue weighted by atomic mass is 10.1. The van der Waals surface area contributed by atoms with E-state index in [1.165, 1.54) is 7.11 Å². The summed E-state index contributed by atoms with van der Waals surface area (Å²) in [5, 5.41) is 10.1. The Balaban J connectivity index is 2.07. The standard InChI is InChI=1S/C19H13F3N2O3S/c1-8-15(19-23-17-16(22)11(20)6-12(21)18(17)28-19)10-5-9(27-2)3-4-13(10)24(8)7-14(25)26/h3-6H,7H2,1-2H3,(H,25,26). The minimum Gasteiger partial charge on any atom is -0.497 e. The molecule has 0 aliphatic carbocycles. The van der Waals surface area contributed by atoms with E-state index < -0.39 is 23.4 Å². The van der Waals surface area contributed by atoms with Gasteiger partial charge in [0.05, 0.1) is 11.8 Å². The van der Waals surface area contributed by atoms with Crippen LogP contribution in [0.5, 0.6) is 5.75 Å². The van der Waals surface area contributed by atoms with Crippen molar-refractivity contribution in [3.05, 3.63) is 47.4 Å². The topological polar surface area (TPSA) is 64.4 Å². The van der Waals surface area contributed by atoms with Crippen molar-refractivity contribution in [2.75, 3.05) is 7.11 Å². The molecule has 2 aromatic carbocycles. The van der Waals surface area contributed by atoms with Gasteiger partial charge in [-0.1, -0.05) is 0 Å². The fourth-order valence-electron chi connectivity index (χ4n) is 3.29. The predicted octanol–water partition coefficient (Wildman–Crippen LogP) is 4.74. The van der Waals surface area contributed by atoms with Crippen molar-refractivity contribution >= 4 is 38.4 Å². The summed E-state index contributed by atoms with van der Waals surface area (Å²) in [5.41, 5.74) is 1.31. The Morgan fingerprint density at radius 3 is 2.68 bits per heavy atom. The fraction of sp³-hybridized carbons (Fsp3) is 0.158. The molecular formula is C19H13F3N2O3S. The summed E-state index contributed by atoms with van der Waals surface area (Å²) in [6, 6.07) is 5.59. The van der Waals surface area contributed by atoms with Gasteiger partial charge in [-0.2, -0.15) is 0 Å². The molecule has 0 atom stereocenters. The molecule has 28 heavy (non-hydrogen) atoms. The smallest absolute Gasteiger partial charge is 0.323 e. The molecule has 0 bridgehead atoms. The highest BCUT2D eigenvalue weighted by Gasteiger charge is 2.23. The number of methoxy groups -OCH3 is 1. The van der Waals surface area contributed by atoms with Crippen molar-refractivity contribution < 1.29 is 27.8 Å². The number of aromatic nitrogens is 2. The molecule has 0 fully saturated rings. The number of carboxylic acids is 1. The zero-order valence-electron chi connectivity index (χ0n) is 14.7. The van der Waals surface area contributed by atoms with Crippen molar-refractivity contribution in [1.29, 1.82) is 0 Å². The summed E-state index contributed by atoms with van der Waals surface area (Å²) in [6.07, 6.45) is 0. The number of carbonyl (C=O) groups is 1. The van der Waals surface area contributed by atoms with Gasteiger partial charge in [-0.05, 0) is 25.1 Å². The maximum atomic E-state index is 14.1. The number of nitrogens with zero attached hydrogens (tertiary/aromatic N) is 2. The van der Waals surface area contributed by atoms with Crippen LogP contribution in [0.15, 0.2) is 24.3 Å². The van der Waals surface area contributed by atoms with E-state index in [9.17, 15) is 23.1 Å². The van der Waals surface area contributed by atoms with Gasteiger partial charge in [0.25, 0.3) is 0 Å². The Hall–Kier alpha value is -3.07. The monoisotopic (exact) mass is 406 g/mol. The quantitative estimate of drug-likeness (QED) is 0.498. The predicted molar refractivity (Wildman–Crippen MR) is 99.4 cm³/mol. The Morgan fingerprint density at radius 2 is 2.00 bits per heavy atom. The number of benzene rings is 2. The van der Waals surface area contributed by atoms with Gasteiger partial charge in [-0.25, -0.2) is 18.2 Å². The number of thiazole rings is 1. The highest BCUT2D eigenvalue weighted by atomic mass is 32.1. The summed E-state index contributed by atoms with van der Waals surface area (Å²) >= 11 is 0.880. The molecule has 0 amide bonds. The third kappa shape index (κ3) is 2.70. The Kier molecular flexibility index (Phi) is 4.26. The average Bonchev–Trinajstić information content (AvgIpc) is 3.19. The number of halogens is 3. The van der Waals surface area contributed by atoms with Crippen LogP contribution in [0.2, 0.25) is 0 Å². The van der Waals surface area contributed by atoms with Crippen molar-refractivity contribution in [2.45, 2.75) is 13.5 Å². The Bertz CT molecular complexity index is 1260. The minimum absolute atomic E-state index is 0.102. The molecule has 0 unspecified atom stereocenters. The first-order valence-electron chi connectivity index (χ1n) is 8.14. The van der Waals surface area contributed by atoms with Crippen LogP contribution in [0.3, 0.4) is 0 Å². The lowest BCUT2D eigenvalue weighted by Gasteiger charge is -2.05. The number of rotatable bonds is 4. The minimum atomic E-state index is -1.31. The van der Waals surface area contributed by atoms with Gasteiger partial charge < -0.3 is 14.4 Å². The number of hydrogen-bond acceptors (Lipinski definition) is 4. The third-order valence-corrected chi connectivity index (χ3v) is 5.63. The first-order chi connectivity index (χ1) is 13.3. The van der Waals surface area contributed by atoms with Crippen LogP contribution in [0.25, 0.3) is 31.7 Å². The molecule has 0 saturated carbocycles. The molecule has 0 spiro atoms. The van der Waals surface area contributed by atoms with Crippen molar-refractivity contribution in [1.82, 2.24) is 9.55 Å². The summed E-state index contributed by atoms with van der Waals surface area (Å²) in [6.45, 7) is 1.40. The molecule has 0 radical (unpaired) electrons. The highest BCUT2D eigenvalue weighted by Crippen LogP contribution is 2.41. The lowest BCUT2D eigenvalue weighted by Crippen LogP contribution is -2.09. The van der Waals surface area contributed by atoms with Gasteiger partial charge in [0.15, 0.2) is 11.6 Å². The van der Waals surface area contributed by atoms with Gasteiger partial charge in [0.1, 0.15) is 28.6 Å². The largest absolute Gasteiger partial charge is 0.497 e. The molecule has 9 heteroatoms. The molecule has 0 aliphatic heterocycles. The van der Waals surface area contributed by atoms with Crippen molar-refractivity contribution in [3.63, 3.8) is 0 Å². The third-order valence-electron chi connectivity index (χ3n) is 4.55. The molecule has 5 nitrogen and oxygen atoms in total. The maximum Gasteiger partial charge on any atom is 0.323 e. The summed E-state index contributed by atoms with van der Waals surface area (Å²) in [4.78, 5) is 15.4. The molecule has 4 aromatic rings. The Morgan fingerprint density at radius 1 is 1.25 bits per heavy atom. The average molecular weight is 406 g/mol. The molecule has 1 N–H and O–H groups in total. The van der Waals surface area contributed by atoms with Crippen LogP contribution in [-0.4, -0.2) is 27.7 Å². The van der Waals surface area contributed by atoms with Crippen LogP contribution < -0.4 is 4.74 Å². The van der Waals surface area contributed by atoms with Crippen molar-refractivity contribution in [3.8, 4) is 16.3 Å². The summed E-state index contributed by atoms with van der Waals surface area (Å²) in [7, 11) is 1.49. The van der Waals surface area contributed by atoms with Crippen LogP contribution in [0.1, 0.15) is 5.69 Å². The number of hydrogen-bond donors (Lipinski definition) is 1. The van der Waals surface area contributed by atoms with E-state index in [0.717, 1.165) is 11.3 Å². The molecular weight excluding hydrogens is 393 g/mol. The molecule has 2 aromatic heterocycles. The number of fused-ring (bicyclic) bond motifs is 2. The van der Waals surface area contributed by atoms with E-state index in [4.69, 9.17) is 4.74 Å². The molecule has 0 aliphatic rings. The first-order valence-corrected chi connectivity index (χ1v) is 8.96. The van der Waals surface area contributed by atoms with Crippen LogP contribution in [0, 0.1) is 24.4 Å². The van der Waals surface area contributed by atoms with E-state index in [1.54, 1.807) is 29.7 Å². The lowest BCUT2D eigenvalue weighted by molar-refractivity contribution is -0.137. The van der Waals surface area contributed by atoms with Gasteiger partial charge in [0, 0.05) is 28.2 Å². The fourth-order valence-corrected chi connectivity index (χ4v) is 4.37. The second-order valence-electron chi connectivity index (χ2n) is 6.17. The van der Waals surface area contributed by atoms with E-state index in [-0.39, 0.29) is 21.8 Å². The highest BCUT2D eigenvalue weighted by molar-refractivity contribution is 7.21. The van der Waals surface area contributed by atoms with E-state index in [1.807, 2.05) is 0 Å². The Labute approximate surface area is 160 Å². The van der Waals surface area contributed by atoms with Gasteiger partial charge in [0.2, 0.25) is 0 Å². The normalized spacial score (nSPS) is 11.5. The first kappa shape index (κ1) is 18.3. The maximum absolute atomic E-state index is 14.1. The van der Waals surface area contributed by atoms with Crippen LogP contribution >= 0.6 is 11.3 Å². The van der Waals surface area contributed by atoms with Crippen LogP contribution in [0.4, 0.5) is 13.2 Å². The van der Waals surface area contributed by atoms with E-state index >= 15 is 0 Å². The van der Waals surface area contributed by atoms with Crippen LogP contribution in [-0.2, 0) is 11.3 Å². The van der Waals surface area contributed by atoms with E-state index in [0.29, 0.717) is 34.0 Å². The zero-order valence-corrected chi connectivity index (χ0v) is 15.5. The second-order valence-corrected chi connectivity index (χ2v) is 7.17. The zero-order chi connectivity index (χ0) is 20.2. The van der Waals surface area contributed by atoms with E-state index in [2.05, 4.69) is 4.98 Å². The second kappa shape index (κ2) is 6.52. The van der Waals surface area contributed by atoms with Gasteiger partial charge in [-0.3, -0.25) is 4.79 Å². The summed E-state index contributed by atoms with van der Waals surface area (Å²) < 4.78 is 48.5. The van der Waals surface area contributed by atoms with Crippen molar-refractivity contribution in [2.24, 2.45) is 0 Å². The van der Waals surface area contributed by atoms with Gasteiger partial charge in [-0.15, -0.1) is 11.3 Å². The molecule has 144 valence electrons. The number of carboxylic acid groups (broad SMARTS) is 1. The molecule has 0 saturated heterocycles. The molecule has 2 heterocycles. The number of aliphatic carboxylic acids is 1. The SMILES string of the molecule is COc1ccc2c(c1)c(-c1nc3c(F)c(F)cc(F)c3s1)c(C)n2CC(=O)O. The molecule has 4 rings (SSSR count). The summed E-state index contributed by atoms with van der Waals surface area (Å²) in [5.74, 6) is -3.93.